The molecule has 0 spiro atoms. The molecule has 0 amide bonds. The van der Waals surface area contributed by atoms with Gasteiger partial charge in [-0.15, -0.1) is 0 Å². The molecule has 0 fully saturated rings. The molecule has 3 N–H and O–H groups in total. The number of nitrogens with one attached hydrogen (secondary N) is 1. The third kappa shape index (κ3) is 5.63. The molecular weight excluding hydrogens is 612 g/mol. The number of carboxylic acids is 2. The lowest BCUT2D eigenvalue weighted by Gasteiger charge is -2.18. The van der Waals surface area contributed by atoms with Gasteiger partial charge in [0, 0.05) is 21.1 Å². The minimum atomic E-state index is -4.00. The van der Waals surface area contributed by atoms with E-state index in [1.165, 1.54) is 41.0 Å². The second-order valence-corrected chi connectivity index (χ2v) is 11.7. The van der Waals surface area contributed by atoms with Crippen molar-refractivity contribution >= 4 is 54.4 Å². The molecule has 0 saturated heterocycles. The van der Waals surface area contributed by atoms with Gasteiger partial charge >= 0.3 is 11.9 Å². The number of sulfonamides is 1. The second-order valence-electron chi connectivity index (χ2n) is 9.11. The zero-order chi connectivity index (χ0) is 29.3. The molecular formula is C30H21BrN2O7S. The summed E-state index contributed by atoms with van der Waals surface area (Å²) in [5, 5.41) is 20.2. The van der Waals surface area contributed by atoms with Crippen LogP contribution < -0.4 is 10.3 Å². The van der Waals surface area contributed by atoms with Crippen molar-refractivity contribution in [3.05, 3.63) is 129 Å². The summed E-state index contributed by atoms with van der Waals surface area (Å²) in [5.74, 6) is -2.43. The third-order valence-corrected chi connectivity index (χ3v) is 8.35. The molecule has 0 aliphatic carbocycles. The van der Waals surface area contributed by atoms with Crippen LogP contribution in [-0.2, 0) is 16.6 Å². The molecule has 4 aromatic carbocycles. The van der Waals surface area contributed by atoms with Crippen molar-refractivity contribution in [1.82, 2.24) is 4.57 Å². The van der Waals surface area contributed by atoms with E-state index in [1.807, 2.05) is 6.07 Å². The van der Waals surface area contributed by atoms with E-state index in [0.29, 0.717) is 31.9 Å². The fourth-order valence-corrected chi connectivity index (χ4v) is 5.96. The number of nitrogens with zero attached hydrogens (tertiary/aromatic N) is 1. The first kappa shape index (κ1) is 27.8. The van der Waals surface area contributed by atoms with Crippen LogP contribution in [0.3, 0.4) is 0 Å². The molecule has 5 rings (SSSR count). The Morgan fingerprint density at radius 1 is 0.805 bits per heavy atom. The summed E-state index contributed by atoms with van der Waals surface area (Å²) in [6, 6.07) is 25.1. The highest BCUT2D eigenvalue weighted by Crippen LogP contribution is 2.33. The maximum Gasteiger partial charge on any atom is 0.353 e. The van der Waals surface area contributed by atoms with Gasteiger partial charge in [0.15, 0.2) is 0 Å². The van der Waals surface area contributed by atoms with Crippen LogP contribution in [0.5, 0.6) is 0 Å². The average molecular weight is 633 g/mol. The largest absolute Gasteiger partial charge is 0.478 e. The first-order valence-corrected chi connectivity index (χ1v) is 14.4. The number of anilines is 1. The molecule has 1 heterocycles. The van der Waals surface area contributed by atoms with Gasteiger partial charge in [-0.3, -0.25) is 14.1 Å². The van der Waals surface area contributed by atoms with Crippen molar-refractivity contribution in [2.24, 2.45) is 0 Å². The van der Waals surface area contributed by atoms with Gasteiger partial charge in [0.1, 0.15) is 5.69 Å². The standard InChI is InChI=1S/C30H21BrN2O7S/c31-21-10-15-24-25(16-21)26(19-4-2-1-3-5-19)27(30(37)38)33(28(24)34)17-18-6-11-22(12-7-18)32-41(39,40)23-13-8-20(9-14-23)29(35)36/h1-16,32H,17H2,(H,35,36)(H,37,38). The zero-order valence-corrected chi connectivity index (χ0v) is 23.5. The molecule has 0 unspecified atom stereocenters. The Balaban J connectivity index is 1.52. The summed E-state index contributed by atoms with van der Waals surface area (Å²) in [5.41, 5.74) is 1.17. The Hall–Kier alpha value is -4.74. The molecule has 9 nitrogen and oxygen atoms in total. The number of hydrogen-bond acceptors (Lipinski definition) is 5. The van der Waals surface area contributed by atoms with Gasteiger partial charge in [0.2, 0.25) is 0 Å². The van der Waals surface area contributed by atoms with Gasteiger partial charge in [-0.2, -0.15) is 0 Å². The molecule has 206 valence electrons. The molecule has 0 radical (unpaired) electrons. The fraction of sp³-hybridized carbons (Fsp3) is 0.0333. The van der Waals surface area contributed by atoms with Crippen molar-refractivity contribution in [2.75, 3.05) is 4.72 Å². The van der Waals surface area contributed by atoms with Crippen LogP contribution in [0.15, 0.2) is 111 Å². The van der Waals surface area contributed by atoms with Gasteiger partial charge in [-0.1, -0.05) is 58.4 Å². The van der Waals surface area contributed by atoms with Gasteiger partial charge in [-0.25, -0.2) is 18.0 Å². The number of carbonyl (C=O) groups is 2. The lowest BCUT2D eigenvalue weighted by Crippen LogP contribution is -2.28. The molecule has 0 aliphatic rings. The smallest absolute Gasteiger partial charge is 0.353 e. The zero-order valence-electron chi connectivity index (χ0n) is 21.1. The van der Waals surface area contributed by atoms with E-state index in [2.05, 4.69) is 20.7 Å². The van der Waals surface area contributed by atoms with Crippen LogP contribution >= 0.6 is 15.9 Å². The van der Waals surface area contributed by atoms with Crippen LogP contribution in [0.4, 0.5) is 5.69 Å². The quantitative estimate of drug-likeness (QED) is 0.200. The van der Waals surface area contributed by atoms with Crippen molar-refractivity contribution in [1.29, 1.82) is 0 Å². The number of carboxylic acid groups (broad SMARTS) is 2. The highest BCUT2D eigenvalue weighted by atomic mass is 79.9. The summed E-state index contributed by atoms with van der Waals surface area (Å²) in [7, 11) is -4.00. The molecule has 0 bridgehead atoms. The third-order valence-electron chi connectivity index (χ3n) is 6.46. The van der Waals surface area contributed by atoms with Gasteiger partial charge in [-0.05, 0) is 71.1 Å². The van der Waals surface area contributed by atoms with E-state index in [0.717, 1.165) is 0 Å². The molecule has 0 aliphatic heterocycles. The predicted octanol–water partition coefficient (Wildman–Crippen LogP) is 5.68. The van der Waals surface area contributed by atoms with E-state index in [-0.39, 0.29) is 28.4 Å². The monoisotopic (exact) mass is 632 g/mol. The van der Waals surface area contributed by atoms with Gasteiger partial charge in [0.05, 0.1) is 17.0 Å². The van der Waals surface area contributed by atoms with Gasteiger partial charge in [0.25, 0.3) is 15.6 Å². The first-order valence-electron chi connectivity index (χ1n) is 12.1. The Kier molecular flexibility index (Phi) is 7.48. The van der Waals surface area contributed by atoms with Crippen LogP contribution in [0.2, 0.25) is 0 Å². The summed E-state index contributed by atoms with van der Waals surface area (Å²) in [4.78, 5) is 37.1. The van der Waals surface area contributed by atoms with E-state index in [9.17, 15) is 27.9 Å². The maximum absolute atomic E-state index is 13.6. The Morgan fingerprint density at radius 2 is 1.46 bits per heavy atom. The van der Waals surface area contributed by atoms with E-state index >= 15 is 0 Å². The number of hydrogen-bond donors (Lipinski definition) is 3. The Labute approximate surface area is 242 Å². The van der Waals surface area contributed by atoms with Crippen molar-refractivity contribution < 1.29 is 28.2 Å². The molecule has 11 heteroatoms. The summed E-state index contributed by atoms with van der Waals surface area (Å²) >= 11 is 3.42. The molecule has 1 aromatic heterocycles. The summed E-state index contributed by atoms with van der Waals surface area (Å²) in [6.45, 7) is -0.0734. The fourth-order valence-electron chi connectivity index (χ4n) is 4.54. The normalized spacial score (nSPS) is 11.3. The number of aromatic nitrogens is 1. The Morgan fingerprint density at radius 3 is 2.07 bits per heavy atom. The summed E-state index contributed by atoms with van der Waals surface area (Å²) in [6.07, 6.45) is 0. The Bertz CT molecular complexity index is 1970. The van der Waals surface area contributed by atoms with Crippen molar-refractivity contribution in [2.45, 2.75) is 11.4 Å². The van der Waals surface area contributed by atoms with E-state index in [1.54, 1.807) is 54.6 Å². The van der Waals surface area contributed by atoms with Crippen molar-refractivity contribution in [3.8, 4) is 11.1 Å². The minimum Gasteiger partial charge on any atom is -0.478 e. The van der Waals surface area contributed by atoms with Crippen molar-refractivity contribution in [3.63, 3.8) is 0 Å². The van der Waals surface area contributed by atoms with Crippen LogP contribution in [0, 0.1) is 0 Å². The van der Waals surface area contributed by atoms with E-state index < -0.39 is 27.5 Å². The SMILES string of the molecule is O=C(O)c1ccc(S(=O)(=O)Nc2ccc(Cn3c(C(=O)O)c(-c4ccccc4)c4cc(Br)ccc4c3=O)cc2)cc1. The first-order chi connectivity index (χ1) is 19.5. The lowest BCUT2D eigenvalue weighted by atomic mass is 9.96. The van der Waals surface area contributed by atoms with Crippen LogP contribution in [0.1, 0.15) is 26.4 Å². The highest BCUT2D eigenvalue weighted by Gasteiger charge is 2.23. The number of aromatic carboxylic acids is 2. The van der Waals surface area contributed by atoms with Crippen LogP contribution in [0.25, 0.3) is 21.9 Å². The minimum absolute atomic E-state index is 0.0407. The van der Waals surface area contributed by atoms with Crippen LogP contribution in [-0.4, -0.2) is 35.1 Å². The second kappa shape index (κ2) is 11.0. The highest BCUT2D eigenvalue weighted by molar-refractivity contribution is 9.10. The molecule has 0 saturated carbocycles. The van der Waals surface area contributed by atoms with Gasteiger partial charge < -0.3 is 10.2 Å². The lowest BCUT2D eigenvalue weighted by molar-refractivity contribution is 0.0679. The number of benzene rings is 4. The number of fused-ring (bicyclic) bond motifs is 1. The molecule has 5 aromatic rings. The topological polar surface area (TPSA) is 143 Å². The summed E-state index contributed by atoms with van der Waals surface area (Å²) < 4.78 is 29.9. The number of halogens is 1. The average Bonchev–Trinajstić information content (AvgIpc) is 2.95. The van der Waals surface area contributed by atoms with E-state index in [4.69, 9.17) is 5.11 Å². The molecule has 41 heavy (non-hydrogen) atoms. The predicted molar refractivity (Wildman–Crippen MR) is 158 cm³/mol. The number of pyridine rings is 1. The maximum atomic E-state index is 13.6. The number of rotatable bonds is 8. The molecule has 0 atom stereocenters.